The quantitative estimate of drug-likeness (QED) is 0.442. The third kappa shape index (κ3) is 3.81. The van der Waals surface area contributed by atoms with Crippen LogP contribution in [0.4, 0.5) is 11.4 Å². The van der Waals surface area contributed by atoms with Crippen molar-refractivity contribution in [1.82, 2.24) is 5.32 Å². The predicted octanol–water partition coefficient (Wildman–Crippen LogP) is 3.75. The average Bonchev–Trinajstić information content (AvgIpc) is 2.67. The maximum absolute atomic E-state index is 13.0. The van der Waals surface area contributed by atoms with Crippen LogP contribution in [0.3, 0.4) is 0 Å². The Morgan fingerprint density at radius 3 is 2.33 bits per heavy atom. The number of rotatable bonds is 5. The Bertz CT molecular complexity index is 894. The fraction of sp³-hybridized carbons (Fsp3) is 0.542. The van der Waals surface area contributed by atoms with E-state index < -0.39 is 5.91 Å². The van der Waals surface area contributed by atoms with Crippen LogP contribution in [0.25, 0.3) is 0 Å². The molecule has 2 amide bonds. The van der Waals surface area contributed by atoms with E-state index in [2.05, 4.69) is 12.2 Å². The molecule has 4 aliphatic rings. The number of anilines is 2. The summed E-state index contributed by atoms with van der Waals surface area (Å²) < 4.78 is 0. The van der Waals surface area contributed by atoms with Crippen LogP contribution in [0, 0.1) is 34.5 Å². The number of nitrogen functional groups attached to an aromatic ring is 1. The summed E-state index contributed by atoms with van der Waals surface area (Å²) in [5.74, 6) is 1.65. The van der Waals surface area contributed by atoms with Crippen molar-refractivity contribution in [2.45, 2.75) is 58.4 Å². The molecule has 4 fully saturated rings. The normalized spacial score (nSPS) is 30.4. The number of nitrogens with zero attached hydrogens (tertiary/aromatic N) is 2. The molecular formula is C24H30N4O2. The van der Waals surface area contributed by atoms with Gasteiger partial charge in [-0.25, -0.2) is 0 Å². The van der Waals surface area contributed by atoms with Crippen molar-refractivity contribution in [3.05, 3.63) is 36.0 Å². The Kier molecular flexibility index (Phi) is 5.31. The third-order valence-electron chi connectivity index (χ3n) is 7.46. The summed E-state index contributed by atoms with van der Waals surface area (Å²) in [4.78, 5) is 26.4. The summed E-state index contributed by atoms with van der Waals surface area (Å²) in [6, 6.07) is 8.80. The third-order valence-corrected chi connectivity index (χ3v) is 7.46. The molecule has 0 aromatic heterocycles. The standard InChI is InChI=1S/C24H30N4O2/c1-15(24-10-17-6-18(11-24)8-19(7-17)12-24)27-23(30)20(13-25)14-28(16(2)29)22-5-3-4-21(26)9-22/h3-5,9,14-15,17-19H,6-8,10-12,26H2,1-2H3,(H,27,30)/b20-14-. The molecule has 4 aliphatic carbocycles. The number of carbonyl (C=O) groups excluding carboxylic acids is 2. The van der Waals surface area contributed by atoms with Crippen LogP contribution in [0.1, 0.15) is 52.4 Å². The molecule has 5 rings (SSSR count). The summed E-state index contributed by atoms with van der Waals surface area (Å²) in [5, 5.41) is 12.7. The molecule has 0 spiro atoms. The average molecular weight is 407 g/mol. The van der Waals surface area contributed by atoms with Crippen molar-refractivity contribution in [2.24, 2.45) is 23.2 Å². The molecule has 1 atom stereocenters. The molecule has 1 aromatic rings. The van der Waals surface area contributed by atoms with Gasteiger partial charge in [0.1, 0.15) is 11.6 Å². The molecule has 0 saturated heterocycles. The lowest BCUT2D eigenvalue weighted by Gasteiger charge is -2.59. The molecule has 0 radical (unpaired) electrons. The highest BCUT2D eigenvalue weighted by molar-refractivity contribution is 6.01. The Hall–Kier alpha value is -2.81. The predicted molar refractivity (Wildman–Crippen MR) is 116 cm³/mol. The van der Waals surface area contributed by atoms with E-state index in [1.807, 2.05) is 6.07 Å². The highest BCUT2D eigenvalue weighted by atomic mass is 16.2. The topological polar surface area (TPSA) is 99.2 Å². The first-order chi connectivity index (χ1) is 14.3. The van der Waals surface area contributed by atoms with E-state index in [9.17, 15) is 14.9 Å². The summed E-state index contributed by atoms with van der Waals surface area (Å²) in [5.41, 5.74) is 6.93. The van der Waals surface area contributed by atoms with Gasteiger partial charge in [-0.2, -0.15) is 5.26 Å². The minimum atomic E-state index is -0.420. The van der Waals surface area contributed by atoms with Crippen molar-refractivity contribution in [3.63, 3.8) is 0 Å². The van der Waals surface area contributed by atoms with Crippen molar-refractivity contribution in [2.75, 3.05) is 10.6 Å². The second-order valence-electron chi connectivity index (χ2n) is 9.61. The van der Waals surface area contributed by atoms with Crippen molar-refractivity contribution < 1.29 is 9.59 Å². The lowest BCUT2D eigenvalue weighted by molar-refractivity contribution is -0.122. The van der Waals surface area contributed by atoms with Crippen molar-refractivity contribution in [1.29, 1.82) is 5.26 Å². The van der Waals surface area contributed by atoms with Gasteiger partial charge in [0.15, 0.2) is 0 Å². The largest absolute Gasteiger partial charge is 0.399 e. The number of carbonyl (C=O) groups is 2. The first-order valence-corrected chi connectivity index (χ1v) is 10.9. The minimum Gasteiger partial charge on any atom is -0.399 e. The molecule has 6 heteroatoms. The number of nitrogens with one attached hydrogen (secondary N) is 1. The SMILES string of the molecule is CC(=O)N(/C=C(/C#N)C(=O)NC(C)C12CC3CC(CC(C3)C1)C2)c1cccc(N)c1. The minimum absolute atomic E-state index is 0.00768. The van der Waals surface area contributed by atoms with Crippen LogP contribution >= 0.6 is 0 Å². The molecule has 4 bridgehead atoms. The smallest absolute Gasteiger partial charge is 0.263 e. The van der Waals surface area contributed by atoms with Gasteiger partial charge in [-0.3, -0.25) is 14.5 Å². The van der Waals surface area contributed by atoms with Gasteiger partial charge in [-0.1, -0.05) is 6.07 Å². The lowest BCUT2D eigenvalue weighted by atomic mass is 9.48. The number of benzene rings is 1. The van der Waals surface area contributed by atoms with Crippen molar-refractivity contribution >= 4 is 23.2 Å². The van der Waals surface area contributed by atoms with Gasteiger partial charge in [0.2, 0.25) is 5.91 Å². The highest BCUT2D eigenvalue weighted by Crippen LogP contribution is 2.61. The van der Waals surface area contributed by atoms with Gasteiger partial charge in [0, 0.05) is 24.9 Å². The zero-order chi connectivity index (χ0) is 21.5. The summed E-state index contributed by atoms with van der Waals surface area (Å²) in [6.45, 7) is 3.48. The van der Waals surface area contributed by atoms with E-state index in [4.69, 9.17) is 5.73 Å². The summed E-state index contributed by atoms with van der Waals surface area (Å²) in [6.07, 6.45) is 8.88. The van der Waals surface area contributed by atoms with E-state index >= 15 is 0 Å². The number of hydrogen-bond acceptors (Lipinski definition) is 4. The van der Waals surface area contributed by atoms with Gasteiger partial charge in [0.25, 0.3) is 5.91 Å². The molecule has 6 nitrogen and oxygen atoms in total. The van der Waals surface area contributed by atoms with Crippen molar-refractivity contribution in [3.8, 4) is 6.07 Å². The van der Waals surface area contributed by atoms with E-state index in [0.29, 0.717) is 11.4 Å². The number of nitrogens with two attached hydrogens (primary N) is 1. The first kappa shape index (κ1) is 20.5. The maximum atomic E-state index is 13.0. The van der Waals surface area contributed by atoms with Gasteiger partial charge in [-0.15, -0.1) is 0 Å². The molecule has 158 valence electrons. The second kappa shape index (κ2) is 7.79. The summed E-state index contributed by atoms with van der Waals surface area (Å²) >= 11 is 0. The molecule has 30 heavy (non-hydrogen) atoms. The lowest BCUT2D eigenvalue weighted by Crippen LogP contribution is -2.56. The van der Waals surface area contributed by atoms with Gasteiger partial charge in [0.05, 0.1) is 5.69 Å². The number of nitriles is 1. The Balaban J connectivity index is 1.52. The molecule has 0 heterocycles. The Morgan fingerprint density at radius 1 is 1.23 bits per heavy atom. The second-order valence-corrected chi connectivity index (χ2v) is 9.61. The van der Waals surface area contributed by atoms with Crippen LogP contribution in [0.15, 0.2) is 36.0 Å². The van der Waals surface area contributed by atoms with Gasteiger partial charge >= 0.3 is 0 Å². The Labute approximate surface area is 178 Å². The molecule has 4 saturated carbocycles. The van der Waals surface area contributed by atoms with Crippen LogP contribution in [-0.2, 0) is 9.59 Å². The zero-order valence-electron chi connectivity index (χ0n) is 17.7. The maximum Gasteiger partial charge on any atom is 0.263 e. The highest BCUT2D eigenvalue weighted by Gasteiger charge is 2.53. The number of amides is 2. The fourth-order valence-corrected chi connectivity index (χ4v) is 6.42. The summed E-state index contributed by atoms with van der Waals surface area (Å²) in [7, 11) is 0. The number of hydrogen-bond donors (Lipinski definition) is 2. The van der Waals surface area contributed by atoms with E-state index in [1.54, 1.807) is 24.3 Å². The molecule has 1 unspecified atom stereocenters. The Morgan fingerprint density at radius 2 is 1.83 bits per heavy atom. The van der Waals surface area contributed by atoms with Crippen LogP contribution < -0.4 is 16.0 Å². The first-order valence-electron chi connectivity index (χ1n) is 10.9. The van der Waals surface area contributed by atoms with E-state index in [1.165, 1.54) is 56.5 Å². The van der Waals surface area contributed by atoms with E-state index in [0.717, 1.165) is 17.8 Å². The molecule has 3 N–H and O–H groups in total. The molecule has 0 aliphatic heterocycles. The van der Waals surface area contributed by atoms with Gasteiger partial charge in [-0.05, 0) is 86.8 Å². The van der Waals surface area contributed by atoms with Gasteiger partial charge < -0.3 is 11.1 Å². The monoisotopic (exact) mass is 406 g/mol. The molecule has 1 aromatic carbocycles. The van der Waals surface area contributed by atoms with Crippen LogP contribution in [-0.4, -0.2) is 17.9 Å². The van der Waals surface area contributed by atoms with Crippen LogP contribution in [0.5, 0.6) is 0 Å². The van der Waals surface area contributed by atoms with E-state index in [-0.39, 0.29) is 22.9 Å². The zero-order valence-corrected chi connectivity index (χ0v) is 17.7. The molecular weight excluding hydrogens is 376 g/mol. The van der Waals surface area contributed by atoms with Crippen LogP contribution in [0.2, 0.25) is 0 Å². The fourth-order valence-electron chi connectivity index (χ4n) is 6.42.